The van der Waals surface area contributed by atoms with Crippen LogP contribution in [0.1, 0.15) is 32.1 Å². The third kappa shape index (κ3) is 3.07. The quantitative estimate of drug-likeness (QED) is 0.730. The number of rotatable bonds is 3. The van der Waals surface area contributed by atoms with Gasteiger partial charge in [0.1, 0.15) is 5.75 Å². The molecule has 4 nitrogen and oxygen atoms in total. The molecule has 2 saturated heterocycles. The lowest BCUT2D eigenvalue weighted by atomic mass is 9.89. The molecule has 0 saturated carbocycles. The molecular weight excluding hydrogens is 240 g/mol. The van der Waals surface area contributed by atoms with Gasteiger partial charge in [0.05, 0.1) is 0 Å². The molecule has 2 bridgehead atoms. The summed E-state index contributed by atoms with van der Waals surface area (Å²) in [6, 6.07) is 7.87. The molecule has 2 atom stereocenters. The average Bonchev–Trinajstić information content (AvgIpc) is 2.72. The van der Waals surface area contributed by atoms with E-state index in [2.05, 4.69) is 10.6 Å². The number of hydrogen-bond acceptors (Lipinski definition) is 3. The summed E-state index contributed by atoms with van der Waals surface area (Å²) in [5.74, 6) is 0.806. The molecule has 0 aromatic heterocycles. The highest BCUT2D eigenvalue weighted by Gasteiger charge is 2.34. The maximum atomic E-state index is 12.0. The van der Waals surface area contributed by atoms with Crippen molar-refractivity contribution in [2.45, 2.75) is 44.2 Å². The molecular formula is C15H20N2O2. The van der Waals surface area contributed by atoms with Crippen LogP contribution in [0.25, 0.3) is 0 Å². The van der Waals surface area contributed by atoms with Crippen molar-refractivity contribution in [1.29, 1.82) is 0 Å². The maximum absolute atomic E-state index is 12.0. The van der Waals surface area contributed by atoms with Crippen LogP contribution < -0.4 is 10.6 Å². The standard InChI is InChI=1S/C15H20N2O2/c18-14-5-3-11(4-6-14)17-15(19)9-10-7-12-1-2-13(8-10)16-12/h3-6,10,12-13,16,18H,1-2,7-9H2,(H,17,19). The monoisotopic (exact) mass is 260 g/mol. The second-order valence-electron chi connectivity index (χ2n) is 5.77. The molecule has 0 aliphatic carbocycles. The number of piperidine rings is 1. The molecule has 19 heavy (non-hydrogen) atoms. The minimum absolute atomic E-state index is 0.0805. The van der Waals surface area contributed by atoms with E-state index in [1.807, 2.05) is 0 Å². The van der Waals surface area contributed by atoms with Gasteiger partial charge >= 0.3 is 0 Å². The molecule has 2 aliphatic heterocycles. The van der Waals surface area contributed by atoms with Crippen molar-refractivity contribution < 1.29 is 9.90 Å². The summed E-state index contributed by atoms with van der Waals surface area (Å²) in [5.41, 5.74) is 0.750. The Balaban J connectivity index is 1.52. The lowest BCUT2D eigenvalue weighted by Crippen LogP contribution is -2.39. The van der Waals surface area contributed by atoms with E-state index < -0.39 is 0 Å². The Kier molecular flexibility index (Phi) is 3.42. The Morgan fingerprint density at radius 1 is 1.21 bits per heavy atom. The second-order valence-corrected chi connectivity index (χ2v) is 5.77. The Morgan fingerprint density at radius 2 is 1.84 bits per heavy atom. The van der Waals surface area contributed by atoms with Crippen molar-refractivity contribution >= 4 is 11.6 Å². The summed E-state index contributed by atoms with van der Waals surface area (Å²) >= 11 is 0. The number of aromatic hydroxyl groups is 1. The zero-order valence-electron chi connectivity index (χ0n) is 10.9. The van der Waals surface area contributed by atoms with Gasteiger partial charge in [0.2, 0.25) is 5.91 Å². The van der Waals surface area contributed by atoms with Crippen LogP contribution in [0.2, 0.25) is 0 Å². The molecule has 2 aliphatic rings. The lowest BCUT2D eigenvalue weighted by Gasteiger charge is -2.28. The van der Waals surface area contributed by atoms with Gasteiger partial charge in [-0.3, -0.25) is 4.79 Å². The van der Waals surface area contributed by atoms with E-state index >= 15 is 0 Å². The van der Waals surface area contributed by atoms with Gasteiger partial charge in [0.25, 0.3) is 0 Å². The van der Waals surface area contributed by atoms with Crippen LogP contribution in [0.15, 0.2) is 24.3 Å². The van der Waals surface area contributed by atoms with Crippen molar-refractivity contribution in [3.63, 3.8) is 0 Å². The summed E-state index contributed by atoms with van der Waals surface area (Å²) in [6.45, 7) is 0. The fourth-order valence-electron chi connectivity index (χ4n) is 3.36. The zero-order valence-corrected chi connectivity index (χ0v) is 10.9. The first-order chi connectivity index (χ1) is 9.19. The van der Waals surface area contributed by atoms with Gasteiger partial charge in [-0.25, -0.2) is 0 Å². The van der Waals surface area contributed by atoms with Gasteiger partial charge in [0, 0.05) is 24.2 Å². The topological polar surface area (TPSA) is 61.4 Å². The smallest absolute Gasteiger partial charge is 0.224 e. The van der Waals surface area contributed by atoms with E-state index in [4.69, 9.17) is 0 Å². The molecule has 0 radical (unpaired) electrons. The Hall–Kier alpha value is -1.55. The number of phenols is 1. The number of fused-ring (bicyclic) bond motifs is 2. The van der Waals surface area contributed by atoms with E-state index in [9.17, 15) is 9.90 Å². The van der Waals surface area contributed by atoms with Crippen LogP contribution in [0, 0.1) is 5.92 Å². The highest BCUT2D eigenvalue weighted by atomic mass is 16.3. The number of anilines is 1. The van der Waals surface area contributed by atoms with Crippen LogP contribution in [0.4, 0.5) is 5.69 Å². The maximum Gasteiger partial charge on any atom is 0.224 e. The van der Waals surface area contributed by atoms with Gasteiger partial charge in [-0.1, -0.05) is 0 Å². The largest absolute Gasteiger partial charge is 0.508 e. The predicted molar refractivity (Wildman–Crippen MR) is 74.0 cm³/mol. The first-order valence-electron chi connectivity index (χ1n) is 7.04. The van der Waals surface area contributed by atoms with Gasteiger partial charge in [-0.15, -0.1) is 0 Å². The summed E-state index contributed by atoms with van der Waals surface area (Å²) in [5, 5.41) is 15.7. The van der Waals surface area contributed by atoms with Gasteiger partial charge < -0.3 is 15.7 Å². The van der Waals surface area contributed by atoms with Crippen molar-refractivity contribution in [1.82, 2.24) is 5.32 Å². The Morgan fingerprint density at radius 3 is 2.47 bits per heavy atom. The minimum Gasteiger partial charge on any atom is -0.508 e. The number of nitrogens with one attached hydrogen (secondary N) is 2. The first-order valence-corrected chi connectivity index (χ1v) is 7.04. The molecule has 4 heteroatoms. The molecule has 2 unspecified atom stereocenters. The van der Waals surface area contributed by atoms with Crippen LogP contribution in [0.5, 0.6) is 5.75 Å². The highest BCUT2D eigenvalue weighted by molar-refractivity contribution is 5.90. The number of carbonyl (C=O) groups is 1. The van der Waals surface area contributed by atoms with Gasteiger partial charge in [-0.2, -0.15) is 0 Å². The number of phenolic OH excluding ortho intramolecular Hbond substituents is 1. The fraction of sp³-hybridized carbons (Fsp3) is 0.533. The van der Waals surface area contributed by atoms with Crippen LogP contribution in [0.3, 0.4) is 0 Å². The molecule has 1 aromatic rings. The van der Waals surface area contributed by atoms with E-state index in [1.165, 1.54) is 12.8 Å². The summed E-state index contributed by atoms with van der Waals surface area (Å²) in [6.07, 6.45) is 5.38. The molecule has 2 fully saturated rings. The van der Waals surface area contributed by atoms with Gasteiger partial charge in [0.15, 0.2) is 0 Å². The van der Waals surface area contributed by atoms with Crippen LogP contribution >= 0.6 is 0 Å². The molecule has 3 N–H and O–H groups in total. The lowest BCUT2D eigenvalue weighted by molar-refractivity contribution is -0.117. The number of amides is 1. The Labute approximate surface area is 113 Å². The predicted octanol–water partition coefficient (Wildman–Crippen LogP) is 2.25. The van der Waals surface area contributed by atoms with Crippen LogP contribution in [-0.4, -0.2) is 23.1 Å². The summed E-state index contributed by atoms with van der Waals surface area (Å²) < 4.78 is 0. The average molecular weight is 260 g/mol. The molecule has 0 spiro atoms. The van der Waals surface area contributed by atoms with Gasteiger partial charge in [-0.05, 0) is 55.9 Å². The third-order valence-electron chi connectivity index (χ3n) is 4.20. The van der Waals surface area contributed by atoms with E-state index in [0.717, 1.165) is 18.5 Å². The fourth-order valence-corrected chi connectivity index (χ4v) is 3.36. The van der Waals surface area contributed by atoms with E-state index in [0.29, 0.717) is 24.4 Å². The van der Waals surface area contributed by atoms with Crippen molar-refractivity contribution in [3.8, 4) is 5.75 Å². The minimum atomic E-state index is 0.0805. The molecule has 1 amide bonds. The molecule has 2 heterocycles. The normalized spacial score (nSPS) is 29.2. The highest BCUT2D eigenvalue weighted by Crippen LogP contribution is 2.32. The number of benzene rings is 1. The van der Waals surface area contributed by atoms with Crippen molar-refractivity contribution in [3.05, 3.63) is 24.3 Å². The van der Waals surface area contributed by atoms with Crippen LogP contribution in [-0.2, 0) is 4.79 Å². The summed E-state index contributed by atoms with van der Waals surface area (Å²) in [4.78, 5) is 12.0. The molecule has 3 rings (SSSR count). The Bertz CT molecular complexity index is 446. The first kappa shape index (κ1) is 12.5. The van der Waals surface area contributed by atoms with Crippen molar-refractivity contribution in [2.75, 3.05) is 5.32 Å². The SMILES string of the molecule is O=C(CC1CC2CCC(C1)N2)Nc1ccc(O)cc1. The summed E-state index contributed by atoms with van der Waals surface area (Å²) in [7, 11) is 0. The number of carbonyl (C=O) groups excluding carboxylic acids is 1. The number of hydrogen-bond donors (Lipinski definition) is 3. The zero-order chi connectivity index (χ0) is 13.2. The molecule has 102 valence electrons. The second kappa shape index (κ2) is 5.21. The van der Waals surface area contributed by atoms with E-state index in [-0.39, 0.29) is 11.7 Å². The molecule has 1 aromatic carbocycles. The van der Waals surface area contributed by atoms with E-state index in [1.54, 1.807) is 24.3 Å². The third-order valence-corrected chi connectivity index (χ3v) is 4.20. The van der Waals surface area contributed by atoms with Crippen molar-refractivity contribution in [2.24, 2.45) is 5.92 Å².